The predicted molar refractivity (Wildman–Crippen MR) is 162 cm³/mol. The van der Waals surface area contributed by atoms with Crippen molar-refractivity contribution in [2.24, 2.45) is 5.10 Å². The number of halogens is 1. The quantitative estimate of drug-likeness (QED) is 0.176. The molecule has 1 aliphatic rings. The molecule has 0 spiro atoms. The van der Waals surface area contributed by atoms with Gasteiger partial charge in [-0.3, -0.25) is 9.59 Å². The fourth-order valence-electron chi connectivity index (χ4n) is 4.71. The molecule has 5 aromatic rings. The normalized spacial score (nSPS) is 15.7. The molecule has 13 heteroatoms. The summed E-state index contributed by atoms with van der Waals surface area (Å²) < 4.78 is 53.0. The maximum Gasteiger partial charge on any atom is 0.280 e. The van der Waals surface area contributed by atoms with Crippen molar-refractivity contribution in [2.75, 3.05) is 25.2 Å². The van der Waals surface area contributed by atoms with E-state index in [1.807, 2.05) is 0 Å². The number of anilines is 1. The zero-order chi connectivity index (χ0) is 30.1. The average Bonchev–Trinajstić information content (AvgIpc) is 3.68. The number of likely N-dealkylation sites (N-methyl/N-ethyl adjacent to an activating group) is 1. The Balaban J connectivity index is 1.33. The van der Waals surface area contributed by atoms with Gasteiger partial charge < -0.3 is 9.15 Å². The first kappa shape index (κ1) is 28.8. The van der Waals surface area contributed by atoms with Crippen LogP contribution in [0.3, 0.4) is 0 Å². The maximum absolute atomic E-state index is 13.9. The second kappa shape index (κ2) is 11.8. The van der Waals surface area contributed by atoms with Crippen LogP contribution in [0.25, 0.3) is 21.2 Å². The highest BCUT2D eigenvalue weighted by Crippen LogP contribution is 2.31. The highest BCUT2D eigenvalue weighted by atomic mass is 32.2. The van der Waals surface area contributed by atoms with Crippen molar-refractivity contribution in [1.82, 2.24) is 9.29 Å². The van der Waals surface area contributed by atoms with E-state index in [1.54, 1.807) is 24.3 Å². The minimum atomic E-state index is -3.82. The molecule has 1 amide bonds. The zero-order valence-electron chi connectivity index (χ0n) is 22.8. The third-order valence-corrected chi connectivity index (χ3v) is 9.86. The van der Waals surface area contributed by atoms with Gasteiger partial charge in [0, 0.05) is 25.8 Å². The van der Waals surface area contributed by atoms with Crippen molar-refractivity contribution >= 4 is 59.8 Å². The van der Waals surface area contributed by atoms with E-state index in [0.29, 0.717) is 27.8 Å². The van der Waals surface area contributed by atoms with Crippen molar-refractivity contribution in [3.63, 3.8) is 0 Å². The zero-order valence-corrected chi connectivity index (χ0v) is 24.5. The summed E-state index contributed by atoms with van der Waals surface area (Å²) in [7, 11) is -2.33. The number of fused-ring (bicyclic) bond motifs is 2. The van der Waals surface area contributed by atoms with E-state index >= 15 is 0 Å². The summed E-state index contributed by atoms with van der Waals surface area (Å²) in [6.45, 7) is 0.843. The molecule has 3 heterocycles. The van der Waals surface area contributed by atoms with Gasteiger partial charge in [0.1, 0.15) is 17.7 Å². The number of hydrogen-bond donors (Lipinski definition) is 0. The Hall–Kier alpha value is -4.30. The topological polar surface area (TPSA) is 122 Å². The number of thiazole rings is 1. The number of carbonyl (C=O) groups is 1. The van der Waals surface area contributed by atoms with Gasteiger partial charge >= 0.3 is 0 Å². The van der Waals surface area contributed by atoms with Crippen LogP contribution < -0.4 is 10.4 Å². The lowest BCUT2D eigenvalue weighted by Gasteiger charge is -2.20. The summed E-state index contributed by atoms with van der Waals surface area (Å²) in [5, 5.41) is 5.76. The molecule has 43 heavy (non-hydrogen) atoms. The number of hydrogen-bond acceptors (Lipinski definition) is 9. The first-order valence-corrected chi connectivity index (χ1v) is 15.6. The Morgan fingerprint density at radius 2 is 1.95 bits per heavy atom. The molecule has 1 aliphatic heterocycles. The Morgan fingerprint density at radius 3 is 2.72 bits per heavy atom. The van der Waals surface area contributed by atoms with Gasteiger partial charge in [-0.15, -0.1) is 0 Å². The molecule has 1 atom stereocenters. The van der Waals surface area contributed by atoms with Gasteiger partial charge in [0.15, 0.2) is 0 Å². The van der Waals surface area contributed by atoms with E-state index in [9.17, 15) is 22.4 Å². The number of hydrazone groups is 1. The summed E-state index contributed by atoms with van der Waals surface area (Å²) in [6, 6.07) is 16.3. The van der Waals surface area contributed by atoms with E-state index in [1.165, 1.54) is 66.3 Å². The van der Waals surface area contributed by atoms with Crippen LogP contribution in [0.2, 0.25) is 0 Å². The van der Waals surface area contributed by atoms with Crippen LogP contribution in [0.1, 0.15) is 28.8 Å². The molecule has 220 valence electrons. The summed E-state index contributed by atoms with van der Waals surface area (Å²) in [6.07, 6.45) is 3.98. The van der Waals surface area contributed by atoms with Crippen LogP contribution in [0.4, 0.5) is 9.52 Å². The van der Waals surface area contributed by atoms with Crippen LogP contribution >= 0.6 is 11.3 Å². The minimum absolute atomic E-state index is 0.0174. The van der Waals surface area contributed by atoms with Crippen LogP contribution in [0.15, 0.2) is 92.2 Å². The Kier molecular flexibility index (Phi) is 7.88. The largest absolute Gasteiger partial charge is 0.463 e. The van der Waals surface area contributed by atoms with Crippen LogP contribution in [0, 0.1) is 5.82 Å². The smallest absolute Gasteiger partial charge is 0.280 e. The van der Waals surface area contributed by atoms with Gasteiger partial charge in [-0.1, -0.05) is 23.5 Å². The number of para-hydroxylation sites is 1. The van der Waals surface area contributed by atoms with Crippen LogP contribution in [-0.2, 0) is 14.8 Å². The van der Waals surface area contributed by atoms with Crippen LogP contribution in [-0.4, -0.2) is 56.1 Å². The number of nitrogens with zero attached hydrogens (tertiary/aromatic N) is 4. The first-order valence-electron chi connectivity index (χ1n) is 13.3. The molecule has 0 aliphatic carbocycles. The van der Waals surface area contributed by atoms with Gasteiger partial charge in [-0.2, -0.15) is 14.4 Å². The number of benzene rings is 3. The molecule has 0 N–H and O–H groups in total. The standard InChI is InChI=1S/C30H25FN4O6S2/c1-34(17-22-5-4-14-40-22)43(38,39)23-11-8-19(9-12-23)29(37)35(30-33-25-13-10-21(31)15-27(25)42-30)32-16-20-18-41-26-7-3-2-6-24(26)28(20)36/h2-3,6-13,15-16,18,22H,4-5,14,17H2,1H3/b32-16+. The maximum atomic E-state index is 13.9. The minimum Gasteiger partial charge on any atom is -0.463 e. The van der Waals surface area contributed by atoms with E-state index in [2.05, 4.69) is 10.1 Å². The van der Waals surface area contributed by atoms with Gasteiger partial charge in [-0.25, -0.2) is 17.8 Å². The number of aromatic nitrogens is 1. The second-order valence-electron chi connectivity index (χ2n) is 9.93. The number of rotatable bonds is 8. The molecule has 1 saturated heterocycles. The fraction of sp³-hybridized carbons (Fsp3) is 0.200. The average molecular weight is 621 g/mol. The molecule has 2 aromatic heterocycles. The summed E-state index contributed by atoms with van der Waals surface area (Å²) in [5.74, 6) is -1.10. The molecule has 3 aromatic carbocycles. The van der Waals surface area contributed by atoms with E-state index in [0.717, 1.165) is 29.2 Å². The van der Waals surface area contributed by atoms with Gasteiger partial charge in [-0.05, 0) is 67.4 Å². The molecule has 0 saturated carbocycles. The molecule has 1 fully saturated rings. The first-order chi connectivity index (χ1) is 20.7. The molecule has 1 unspecified atom stereocenters. The molecule has 6 rings (SSSR count). The van der Waals surface area contributed by atoms with E-state index in [-0.39, 0.29) is 39.2 Å². The Labute approximate surface area is 249 Å². The lowest BCUT2D eigenvalue weighted by Crippen LogP contribution is -2.34. The lowest BCUT2D eigenvalue weighted by atomic mass is 10.2. The molecule has 0 radical (unpaired) electrons. The van der Waals surface area contributed by atoms with Crippen molar-refractivity contribution in [3.8, 4) is 0 Å². The Bertz CT molecular complexity index is 2020. The molecule has 0 bridgehead atoms. The van der Waals surface area contributed by atoms with Crippen molar-refractivity contribution in [1.29, 1.82) is 0 Å². The highest BCUT2D eigenvalue weighted by Gasteiger charge is 2.27. The third kappa shape index (κ3) is 5.84. The molecular formula is C30H25FN4O6S2. The molecule has 10 nitrogen and oxygen atoms in total. The van der Waals surface area contributed by atoms with E-state index in [4.69, 9.17) is 9.15 Å². The monoisotopic (exact) mass is 620 g/mol. The summed E-state index contributed by atoms with van der Waals surface area (Å²) >= 11 is 1.03. The summed E-state index contributed by atoms with van der Waals surface area (Å²) in [4.78, 5) is 31.2. The second-order valence-corrected chi connectivity index (χ2v) is 13.0. The SMILES string of the molecule is CN(CC1CCCO1)S(=O)(=O)c1ccc(C(=O)N(/N=C/c2coc3ccccc3c2=O)c2nc3ccc(F)cc3s2)cc1. The molecular weight excluding hydrogens is 595 g/mol. The number of ether oxygens (including phenoxy) is 1. The Morgan fingerprint density at radius 1 is 1.16 bits per heavy atom. The van der Waals surface area contributed by atoms with Gasteiger partial charge in [0.25, 0.3) is 5.91 Å². The van der Waals surface area contributed by atoms with Crippen molar-refractivity contribution in [2.45, 2.75) is 23.8 Å². The van der Waals surface area contributed by atoms with Gasteiger partial charge in [0.2, 0.25) is 20.6 Å². The number of sulfonamides is 1. The predicted octanol–water partition coefficient (Wildman–Crippen LogP) is 5.02. The highest BCUT2D eigenvalue weighted by molar-refractivity contribution is 7.89. The van der Waals surface area contributed by atoms with Crippen LogP contribution in [0.5, 0.6) is 0 Å². The third-order valence-electron chi connectivity index (χ3n) is 7.03. The summed E-state index contributed by atoms with van der Waals surface area (Å²) in [5.41, 5.74) is 0.733. The van der Waals surface area contributed by atoms with E-state index < -0.39 is 21.7 Å². The number of amides is 1. The van der Waals surface area contributed by atoms with Crippen molar-refractivity contribution < 1.29 is 26.8 Å². The van der Waals surface area contributed by atoms with Gasteiger partial charge in [0.05, 0.1) is 38.4 Å². The van der Waals surface area contributed by atoms with Crippen molar-refractivity contribution in [3.05, 3.63) is 100 Å². The lowest BCUT2D eigenvalue weighted by molar-refractivity contribution is 0.0978. The number of carbonyl (C=O) groups excluding carboxylic acids is 1. The fourth-order valence-corrected chi connectivity index (χ4v) is 6.86.